The second-order valence-corrected chi connectivity index (χ2v) is 10.4. The van der Waals surface area contributed by atoms with Crippen molar-refractivity contribution in [3.8, 4) is 0 Å². The predicted octanol–water partition coefficient (Wildman–Crippen LogP) is 3.83. The summed E-state index contributed by atoms with van der Waals surface area (Å²) in [5.74, 6) is -0.537. The quantitative estimate of drug-likeness (QED) is 0.467. The smallest absolute Gasteiger partial charge is 0.243 e. The van der Waals surface area contributed by atoms with Crippen molar-refractivity contribution in [3.63, 3.8) is 0 Å². The monoisotopic (exact) mass is 494 g/mol. The average molecular weight is 495 g/mol. The number of benzene rings is 1. The molecule has 10 heteroatoms. The molecule has 0 bridgehead atoms. The van der Waals surface area contributed by atoms with Crippen LogP contribution in [0, 0.1) is 0 Å². The number of sulfonamides is 1. The number of carbonyl (C=O) groups is 2. The minimum Gasteiger partial charge on any atom is -0.370 e. The van der Waals surface area contributed by atoms with Gasteiger partial charge < -0.3 is 15.5 Å². The maximum atomic E-state index is 13.1. The van der Waals surface area contributed by atoms with Gasteiger partial charge >= 0.3 is 0 Å². The molecule has 33 heavy (non-hydrogen) atoms. The molecule has 0 aliphatic heterocycles. The number of rotatable bonds is 12. The van der Waals surface area contributed by atoms with Crippen LogP contribution in [0.15, 0.2) is 40.6 Å². The summed E-state index contributed by atoms with van der Waals surface area (Å²) < 4.78 is 27.5. The average Bonchev–Trinajstić information content (AvgIpc) is 3.30. The molecular weight excluding hydrogens is 460 g/mol. The van der Waals surface area contributed by atoms with E-state index in [4.69, 9.17) is 0 Å². The first-order valence-corrected chi connectivity index (χ1v) is 13.5. The van der Waals surface area contributed by atoms with Gasteiger partial charge in [-0.25, -0.2) is 8.42 Å². The molecule has 0 fully saturated rings. The van der Waals surface area contributed by atoms with Crippen molar-refractivity contribution in [1.29, 1.82) is 0 Å². The Labute approximate surface area is 201 Å². The minimum atomic E-state index is -3.68. The third-order valence-electron chi connectivity index (χ3n) is 5.34. The summed E-state index contributed by atoms with van der Waals surface area (Å²) in [5.41, 5.74) is 1.18. The Balaban J connectivity index is 2.40. The number of hydrogen-bond donors (Lipinski definition) is 2. The fraction of sp³-hybridized carbons (Fsp3) is 0.478. The van der Waals surface area contributed by atoms with Crippen molar-refractivity contribution < 1.29 is 18.0 Å². The van der Waals surface area contributed by atoms with Crippen LogP contribution in [0.5, 0.6) is 0 Å². The molecule has 0 aliphatic carbocycles. The molecule has 2 N–H and O–H groups in total. The summed E-state index contributed by atoms with van der Waals surface area (Å²) in [4.78, 5) is 27.8. The lowest BCUT2D eigenvalue weighted by Gasteiger charge is -2.26. The van der Waals surface area contributed by atoms with Crippen molar-refractivity contribution in [1.82, 2.24) is 9.62 Å². The number of nitrogens with zero attached hydrogens (tertiary/aromatic N) is 2. The third-order valence-corrected chi connectivity index (χ3v) is 8.37. The second-order valence-electron chi connectivity index (χ2n) is 7.46. The van der Waals surface area contributed by atoms with Crippen molar-refractivity contribution in [3.05, 3.63) is 40.6 Å². The number of carbonyl (C=O) groups excluding carboxylic acids is 2. The van der Waals surface area contributed by atoms with Gasteiger partial charge in [0.15, 0.2) is 0 Å². The van der Waals surface area contributed by atoms with Crippen molar-refractivity contribution >= 4 is 44.5 Å². The Kier molecular flexibility index (Phi) is 9.87. The standard InChI is InChI=1S/C23H34N4O4S2/c1-6-26(7-2)21-13-12-18(33(30,31)27(8-3)9-4)15-19(21)25-23(29)16-20(24-17(5)28)22-11-10-14-32-22/h10-15,20H,6-9,16H2,1-5H3,(H,24,28)(H,25,29). The van der Waals surface area contributed by atoms with E-state index in [9.17, 15) is 18.0 Å². The molecule has 2 aromatic rings. The molecule has 8 nitrogen and oxygen atoms in total. The summed E-state index contributed by atoms with van der Waals surface area (Å²) in [5, 5.41) is 7.62. The number of thiophene rings is 1. The van der Waals surface area contributed by atoms with Crippen molar-refractivity contribution in [2.75, 3.05) is 36.4 Å². The maximum Gasteiger partial charge on any atom is 0.243 e. The van der Waals surface area contributed by atoms with Crippen LogP contribution < -0.4 is 15.5 Å². The number of hydrogen-bond acceptors (Lipinski definition) is 6. The van der Waals surface area contributed by atoms with Crippen LogP contribution in [0.1, 0.15) is 52.0 Å². The Hall–Kier alpha value is -2.43. The zero-order valence-corrected chi connectivity index (χ0v) is 21.6. The Morgan fingerprint density at radius 3 is 2.21 bits per heavy atom. The highest BCUT2D eigenvalue weighted by atomic mass is 32.2. The van der Waals surface area contributed by atoms with Crippen LogP contribution in [-0.2, 0) is 19.6 Å². The van der Waals surface area contributed by atoms with E-state index in [1.807, 2.05) is 36.3 Å². The Morgan fingerprint density at radius 2 is 1.70 bits per heavy atom. The molecule has 182 valence electrons. The largest absolute Gasteiger partial charge is 0.370 e. The third kappa shape index (κ3) is 6.78. The van der Waals surface area contributed by atoms with Gasteiger partial charge in [-0.2, -0.15) is 4.31 Å². The molecule has 1 aromatic heterocycles. The van der Waals surface area contributed by atoms with E-state index in [0.717, 1.165) is 10.6 Å². The highest BCUT2D eigenvalue weighted by Crippen LogP contribution is 2.31. The van der Waals surface area contributed by atoms with E-state index in [1.54, 1.807) is 26.0 Å². The molecule has 0 radical (unpaired) electrons. The first kappa shape index (κ1) is 26.8. The van der Waals surface area contributed by atoms with Crippen LogP contribution >= 0.6 is 11.3 Å². The molecule has 2 amide bonds. The molecule has 0 saturated heterocycles. The van der Waals surface area contributed by atoms with Gasteiger partial charge in [0.2, 0.25) is 21.8 Å². The van der Waals surface area contributed by atoms with Crippen LogP contribution in [0.2, 0.25) is 0 Å². The highest BCUT2D eigenvalue weighted by Gasteiger charge is 2.25. The highest BCUT2D eigenvalue weighted by molar-refractivity contribution is 7.89. The predicted molar refractivity (Wildman–Crippen MR) is 134 cm³/mol. The van der Waals surface area contributed by atoms with Gasteiger partial charge in [-0.3, -0.25) is 9.59 Å². The van der Waals surface area contributed by atoms with E-state index in [0.29, 0.717) is 31.9 Å². The van der Waals surface area contributed by atoms with Crippen LogP contribution in [-0.4, -0.2) is 50.7 Å². The molecule has 0 aliphatic rings. The van der Waals surface area contributed by atoms with Crippen LogP contribution in [0.4, 0.5) is 11.4 Å². The van der Waals surface area contributed by atoms with Crippen LogP contribution in [0.25, 0.3) is 0 Å². The first-order valence-electron chi connectivity index (χ1n) is 11.2. The second kappa shape index (κ2) is 12.2. The maximum absolute atomic E-state index is 13.1. The zero-order chi connectivity index (χ0) is 24.6. The lowest BCUT2D eigenvalue weighted by Crippen LogP contribution is -2.31. The van der Waals surface area contributed by atoms with E-state index in [2.05, 4.69) is 10.6 Å². The van der Waals surface area contributed by atoms with Crippen LogP contribution in [0.3, 0.4) is 0 Å². The van der Waals surface area contributed by atoms with Gasteiger partial charge in [0.1, 0.15) is 0 Å². The summed E-state index contributed by atoms with van der Waals surface area (Å²) in [6, 6.07) is 8.13. The van der Waals surface area contributed by atoms with E-state index < -0.39 is 16.1 Å². The fourth-order valence-electron chi connectivity index (χ4n) is 3.67. The molecule has 2 rings (SSSR count). The van der Waals surface area contributed by atoms with E-state index >= 15 is 0 Å². The van der Waals surface area contributed by atoms with Gasteiger partial charge in [-0.05, 0) is 43.5 Å². The lowest BCUT2D eigenvalue weighted by molar-refractivity contribution is -0.120. The summed E-state index contributed by atoms with van der Waals surface area (Å²) in [6.07, 6.45) is 0.0325. The first-order chi connectivity index (χ1) is 15.7. The molecule has 0 saturated carbocycles. The Bertz CT molecular complexity index is 1030. The zero-order valence-electron chi connectivity index (χ0n) is 19.9. The molecule has 1 heterocycles. The van der Waals surface area contributed by atoms with Crippen molar-refractivity contribution in [2.45, 2.75) is 52.0 Å². The molecular formula is C23H34N4O4S2. The van der Waals surface area contributed by atoms with Gasteiger partial charge in [-0.15, -0.1) is 11.3 Å². The summed E-state index contributed by atoms with van der Waals surface area (Å²) in [6.45, 7) is 11.1. The summed E-state index contributed by atoms with van der Waals surface area (Å²) >= 11 is 1.46. The summed E-state index contributed by atoms with van der Waals surface area (Å²) in [7, 11) is -3.68. The number of amides is 2. The normalized spacial score (nSPS) is 12.4. The fourth-order valence-corrected chi connectivity index (χ4v) is 5.94. The molecule has 1 unspecified atom stereocenters. The molecule has 0 spiro atoms. The van der Waals surface area contributed by atoms with Crippen molar-refractivity contribution in [2.24, 2.45) is 0 Å². The SMILES string of the molecule is CCN(CC)c1ccc(S(=O)(=O)N(CC)CC)cc1NC(=O)CC(NC(C)=O)c1cccs1. The van der Waals surface area contributed by atoms with E-state index in [1.165, 1.54) is 28.6 Å². The number of nitrogens with one attached hydrogen (secondary N) is 2. The topological polar surface area (TPSA) is 98.8 Å². The van der Waals surface area contributed by atoms with Gasteiger partial charge in [0.05, 0.1) is 28.7 Å². The van der Waals surface area contributed by atoms with Gasteiger partial charge in [-0.1, -0.05) is 19.9 Å². The lowest BCUT2D eigenvalue weighted by atomic mass is 10.1. The van der Waals surface area contributed by atoms with Gasteiger partial charge in [0.25, 0.3) is 0 Å². The Morgan fingerprint density at radius 1 is 1.03 bits per heavy atom. The molecule has 1 aromatic carbocycles. The number of anilines is 2. The molecule has 1 atom stereocenters. The van der Waals surface area contributed by atoms with Gasteiger partial charge in [0, 0.05) is 38.0 Å². The van der Waals surface area contributed by atoms with E-state index in [-0.39, 0.29) is 23.1 Å². The minimum absolute atomic E-state index is 0.0325.